The van der Waals surface area contributed by atoms with Crippen LogP contribution >= 0.6 is 11.8 Å². The van der Waals surface area contributed by atoms with Gasteiger partial charge < -0.3 is 10.6 Å². The van der Waals surface area contributed by atoms with E-state index in [1.807, 2.05) is 62.6 Å². The fraction of sp³-hybridized carbons (Fsp3) is 0.227. The van der Waals surface area contributed by atoms with Crippen LogP contribution in [-0.4, -0.2) is 35.7 Å². The minimum atomic E-state index is -0.295. The summed E-state index contributed by atoms with van der Waals surface area (Å²) < 4.78 is 1.59. The molecule has 0 aliphatic rings. The van der Waals surface area contributed by atoms with E-state index in [0.29, 0.717) is 11.6 Å². The molecule has 0 amide bonds. The molecule has 29 heavy (non-hydrogen) atoms. The summed E-state index contributed by atoms with van der Waals surface area (Å²) in [4.78, 5) is 19.4. The predicted molar refractivity (Wildman–Crippen MR) is 122 cm³/mol. The van der Waals surface area contributed by atoms with Gasteiger partial charge in [0.1, 0.15) is 23.0 Å². The van der Waals surface area contributed by atoms with Gasteiger partial charge in [0.2, 0.25) is 0 Å². The molecule has 0 aliphatic carbocycles. The minimum Gasteiger partial charge on any atom is -0.373 e. The van der Waals surface area contributed by atoms with Crippen molar-refractivity contribution in [3.05, 3.63) is 69.5 Å². The Morgan fingerprint density at radius 1 is 1.07 bits per heavy atom. The van der Waals surface area contributed by atoms with E-state index >= 15 is 0 Å². The van der Waals surface area contributed by atoms with Crippen LogP contribution in [0.4, 0.5) is 5.82 Å². The molecule has 0 aliphatic heterocycles. The summed E-state index contributed by atoms with van der Waals surface area (Å²) in [5.41, 5.74) is 3.70. The van der Waals surface area contributed by atoms with E-state index in [4.69, 9.17) is 10.4 Å². The number of thioether (sulfide) groups is 1. The summed E-state index contributed by atoms with van der Waals surface area (Å²) >= 11 is 1.66. The molecule has 6 nitrogen and oxygen atoms in total. The van der Waals surface area contributed by atoms with Gasteiger partial charge in [0.15, 0.2) is 0 Å². The van der Waals surface area contributed by atoms with Crippen molar-refractivity contribution in [2.24, 2.45) is 0 Å². The highest BCUT2D eigenvalue weighted by Crippen LogP contribution is 2.26. The van der Waals surface area contributed by atoms with E-state index in [1.54, 1.807) is 30.4 Å². The van der Waals surface area contributed by atoms with E-state index in [1.165, 1.54) is 0 Å². The van der Waals surface area contributed by atoms with Crippen molar-refractivity contribution in [2.75, 3.05) is 25.7 Å². The van der Waals surface area contributed by atoms with Gasteiger partial charge in [-0.05, 0) is 55.5 Å². The zero-order valence-electron chi connectivity index (χ0n) is 17.3. The van der Waals surface area contributed by atoms with Crippen molar-refractivity contribution >= 4 is 23.4 Å². The Hall–Kier alpha value is -3.06. The van der Waals surface area contributed by atoms with Gasteiger partial charge in [-0.15, -0.1) is 11.8 Å². The number of nitrogens with one attached hydrogen (secondary N) is 3. The van der Waals surface area contributed by atoms with Crippen LogP contribution in [0.15, 0.2) is 52.2 Å². The lowest BCUT2D eigenvalue weighted by Crippen LogP contribution is -2.33. The van der Waals surface area contributed by atoms with Crippen LogP contribution in [0.5, 0.6) is 0 Å². The first-order valence-corrected chi connectivity index (χ1v) is 10.5. The van der Waals surface area contributed by atoms with E-state index < -0.39 is 0 Å². The lowest BCUT2D eigenvalue weighted by molar-refractivity contribution is 0.935. The molecule has 7 heteroatoms. The predicted octanol–water partition coefficient (Wildman–Crippen LogP) is 3.82. The Labute approximate surface area is 174 Å². The maximum absolute atomic E-state index is 13.6. The Balaban J connectivity index is 2.38. The summed E-state index contributed by atoms with van der Waals surface area (Å²) in [5, 5.41) is 14.0. The second-order valence-corrected chi connectivity index (χ2v) is 7.55. The average Bonchev–Trinajstić information content (AvgIpc) is 2.74. The lowest BCUT2D eigenvalue weighted by atomic mass is 10.1. The summed E-state index contributed by atoms with van der Waals surface area (Å²) in [7, 11) is 3.33. The van der Waals surface area contributed by atoms with E-state index in [0.717, 1.165) is 27.3 Å². The highest BCUT2D eigenvalue weighted by Gasteiger charge is 2.21. The molecule has 0 radical (unpaired) electrons. The third-order valence-corrected chi connectivity index (χ3v) is 5.66. The lowest BCUT2D eigenvalue weighted by Gasteiger charge is -2.18. The number of anilines is 1. The van der Waals surface area contributed by atoms with Crippen molar-refractivity contribution in [3.8, 4) is 17.1 Å². The number of nitrogens with zero attached hydrogens (tertiary/aromatic N) is 2. The molecule has 0 spiro atoms. The van der Waals surface area contributed by atoms with E-state index in [-0.39, 0.29) is 17.0 Å². The molecule has 2 aromatic carbocycles. The average molecular weight is 408 g/mol. The number of benzene rings is 2. The van der Waals surface area contributed by atoms with Crippen LogP contribution in [0.25, 0.3) is 17.1 Å². The molecule has 1 heterocycles. The molecule has 150 valence electrons. The number of aryl methyl sites for hydroxylation is 2. The Bertz CT molecular complexity index is 1120. The third-order valence-electron chi connectivity index (χ3n) is 4.92. The van der Waals surface area contributed by atoms with Gasteiger partial charge in [0.05, 0.1) is 5.69 Å². The Morgan fingerprint density at radius 3 is 2.31 bits per heavy atom. The minimum absolute atomic E-state index is 0.0220. The number of hydrogen-bond acceptors (Lipinski definition) is 5. The topological polar surface area (TPSA) is 82.8 Å². The van der Waals surface area contributed by atoms with E-state index in [9.17, 15) is 4.79 Å². The van der Waals surface area contributed by atoms with Crippen LogP contribution in [0.3, 0.4) is 0 Å². The third kappa shape index (κ3) is 3.91. The molecule has 1 aromatic heterocycles. The molecular weight excluding hydrogens is 382 g/mol. The fourth-order valence-corrected chi connectivity index (χ4v) is 3.50. The molecule has 0 bridgehead atoms. The van der Waals surface area contributed by atoms with Gasteiger partial charge >= 0.3 is 0 Å². The smallest absolute Gasteiger partial charge is 0.271 e. The summed E-state index contributed by atoms with van der Waals surface area (Å²) in [6.45, 7) is 4.05. The number of hydrogen-bond donors (Lipinski definition) is 3. The van der Waals surface area contributed by atoms with Gasteiger partial charge in [-0.2, -0.15) is 0 Å². The zero-order valence-corrected chi connectivity index (χ0v) is 18.1. The van der Waals surface area contributed by atoms with Crippen LogP contribution < -0.4 is 16.2 Å². The quantitative estimate of drug-likeness (QED) is 0.340. The molecular formula is C22H25N5OS. The van der Waals surface area contributed by atoms with Crippen molar-refractivity contribution in [1.82, 2.24) is 14.9 Å². The van der Waals surface area contributed by atoms with Crippen molar-refractivity contribution < 1.29 is 0 Å². The van der Waals surface area contributed by atoms with Crippen LogP contribution in [0, 0.1) is 19.3 Å². The number of aromatic nitrogens is 2. The van der Waals surface area contributed by atoms with Crippen LogP contribution in [0.2, 0.25) is 0 Å². The number of rotatable bonds is 5. The molecule has 0 atom stereocenters. The highest BCUT2D eigenvalue weighted by molar-refractivity contribution is 7.98. The van der Waals surface area contributed by atoms with Crippen molar-refractivity contribution in [2.45, 2.75) is 18.7 Å². The van der Waals surface area contributed by atoms with Gasteiger partial charge in [-0.3, -0.25) is 14.8 Å². The second-order valence-electron chi connectivity index (χ2n) is 6.67. The van der Waals surface area contributed by atoms with Crippen LogP contribution in [-0.2, 0) is 0 Å². The van der Waals surface area contributed by atoms with Crippen molar-refractivity contribution in [3.63, 3.8) is 0 Å². The van der Waals surface area contributed by atoms with Crippen molar-refractivity contribution in [1.29, 1.82) is 5.41 Å². The normalized spacial score (nSPS) is 10.7. The SMILES string of the molecule is CNC(=N)c1c(NC)nc(-c2ccc(SC)cc2)n(-c2ccc(C)c(C)c2)c1=O. The van der Waals surface area contributed by atoms with Gasteiger partial charge in [-0.1, -0.05) is 18.2 Å². The molecule has 3 aromatic rings. The second kappa shape index (κ2) is 8.53. The maximum Gasteiger partial charge on any atom is 0.271 e. The first kappa shape index (κ1) is 20.7. The summed E-state index contributed by atoms with van der Waals surface area (Å²) in [5.74, 6) is 0.926. The van der Waals surface area contributed by atoms with Crippen LogP contribution in [0.1, 0.15) is 16.7 Å². The molecule has 0 fully saturated rings. The Kier molecular flexibility index (Phi) is 6.08. The largest absolute Gasteiger partial charge is 0.373 e. The molecule has 3 N–H and O–H groups in total. The standard InChI is InChI=1S/C22H25N5OS/c1-13-6-9-16(12-14(13)2)27-21(15-7-10-17(29-5)11-8-15)26-20(25-4)18(22(27)28)19(23)24-3/h6-12,25H,1-5H3,(H2,23,24). The first-order valence-electron chi connectivity index (χ1n) is 9.24. The van der Waals surface area contributed by atoms with E-state index in [2.05, 4.69) is 10.6 Å². The zero-order chi connectivity index (χ0) is 21.1. The molecule has 3 rings (SSSR count). The maximum atomic E-state index is 13.6. The molecule has 0 saturated heterocycles. The molecule has 0 unspecified atom stereocenters. The monoisotopic (exact) mass is 407 g/mol. The highest BCUT2D eigenvalue weighted by atomic mass is 32.2. The Morgan fingerprint density at radius 2 is 1.76 bits per heavy atom. The summed E-state index contributed by atoms with van der Waals surface area (Å²) in [6.07, 6.45) is 2.02. The summed E-state index contributed by atoms with van der Waals surface area (Å²) in [6, 6.07) is 13.8. The van der Waals surface area contributed by atoms with Gasteiger partial charge in [-0.25, -0.2) is 4.98 Å². The van der Waals surface area contributed by atoms with Gasteiger partial charge in [0, 0.05) is 24.6 Å². The fourth-order valence-electron chi connectivity index (χ4n) is 3.09. The first-order chi connectivity index (χ1) is 13.9. The number of amidine groups is 1. The molecule has 0 saturated carbocycles. The van der Waals surface area contributed by atoms with Gasteiger partial charge in [0.25, 0.3) is 5.56 Å².